The van der Waals surface area contributed by atoms with Crippen LogP contribution < -0.4 is 10.2 Å². The average Bonchev–Trinajstić information content (AvgIpc) is 3.33. The summed E-state index contributed by atoms with van der Waals surface area (Å²) in [6.07, 6.45) is 6.25. The number of aromatic carboxylic acids is 1. The van der Waals surface area contributed by atoms with Gasteiger partial charge >= 0.3 is 12.1 Å². The second-order valence-electron chi connectivity index (χ2n) is 12.4. The van der Waals surface area contributed by atoms with Gasteiger partial charge in [-0.25, -0.2) is 9.59 Å². The number of rotatable bonds is 5. The summed E-state index contributed by atoms with van der Waals surface area (Å²) in [5, 5.41) is 13.4. The number of likely N-dealkylation sites (tertiary alicyclic amines) is 1. The molecule has 0 radical (unpaired) electrons. The topological polar surface area (TPSA) is 99.2 Å². The fraction of sp³-hybridized carbons (Fsp3) is 0.700. The summed E-state index contributed by atoms with van der Waals surface area (Å²) >= 11 is 1.13. The molecule has 0 unspecified atom stereocenters. The molecule has 1 aromatic rings. The molecule has 3 fully saturated rings. The van der Waals surface area contributed by atoms with Crippen molar-refractivity contribution in [1.29, 1.82) is 0 Å². The molecule has 1 saturated carbocycles. The number of carbonyl (C=O) groups excluding carboxylic acids is 2. The van der Waals surface area contributed by atoms with E-state index in [0.29, 0.717) is 49.0 Å². The first-order valence-corrected chi connectivity index (χ1v) is 15.2. The molecule has 1 aromatic heterocycles. The lowest BCUT2D eigenvalue weighted by Gasteiger charge is -2.40. The number of hydrogen-bond donors (Lipinski definition) is 2. The Morgan fingerprint density at radius 1 is 1.10 bits per heavy atom. The number of piperidine rings is 2. The van der Waals surface area contributed by atoms with E-state index in [1.807, 2.05) is 20.8 Å². The van der Waals surface area contributed by atoms with Crippen LogP contribution in [0.15, 0.2) is 6.07 Å². The van der Waals surface area contributed by atoms with Crippen LogP contribution in [-0.2, 0) is 9.53 Å². The van der Waals surface area contributed by atoms with Crippen LogP contribution in [0, 0.1) is 29.1 Å². The SMILES string of the molecule is CC1CCC(C(=O)N(c2cc(C#CC(C)(C)C)sc2C(=O)O)C2CCN(C(=O)O[C@@H]3CCCNC3)CC2)CC1. The zero-order chi connectivity index (χ0) is 28.2. The molecule has 0 spiro atoms. The number of carboxylic acid groups (broad SMARTS) is 1. The van der Waals surface area contributed by atoms with Crippen LogP contribution in [-0.4, -0.2) is 66.3 Å². The summed E-state index contributed by atoms with van der Waals surface area (Å²) in [4.78, 5) is 43.5. The quantitative estimate of drug-likeness (QED) is 0.473. The Labute approximate surface area is 236 Å². The lowest BCUT2D eigenvalue weighted by atomic mass is 9.82. The molecular formula is C30H43N3O5S. The molecule has 214 valence electrons. The zero-order valence-electron chi connectivity index (χ0n) is 23.8. The van der Waals surface area contributed by atoms with E-state index in [2.05, 4.69) is 24.1 Å². The highest BCUT2D eigenvalue weighted by Gasteiger charge is 2.38. The number of carbonyl (C=O) groups is 3. The summed E-state index contributed by atoms with van der Waals surface area (Å²) in [6.45, 7) is 10.8. The van der Waals surface area contributed by atoms with E-state index in [0.717, 1.165) is 56.4 Å². The van der Waals surface area contributed by atoms with Gasteiger partial charge in [-0.2, -0.15) is 0 Å². The van der Waals surface area contributed by atoms with Crippen molar-refractivity contribution in [1.82, 2.24) is 10.2 Å². The summed E-state index contributed by atoms with van der Waals surface area (Å²) in [6, 6.07) is 1.60. The van der Waals surface area contributed by atoms with Gasteiger partial charge in [0.1, 0.15) is 11.0 Å². The molecule has 2 amide bonds. The van der Waals surface area contributed by atoms with E-state index in [9.17, 15) is 19.5 Å². The van der Waals surface area contributed by atoms with E-state index < -0.39 is 5.97 Å². The first kappa shape index (κ1) is 29.4. The minimum absolute atomic E-state index is 0.00633. The third kappa shape index (κ3) is 7.76. The maximum absolute atomic E-state index is 14.1. The van der Waals surface area contributed by atoms with Gasteiger partial charge in [-0.15, -0.1) is 11.3 Å². The number of thiophene rings is 1. The van der Waals surface area contributed by atoms with E-state index >= 15 is 0 Å². The number of nitrogens with one attached hydrogen (secondary N) is 1. The third-order valence-corrected chi connectivity index (χ3v) is 8.96. The second kappa shape index (κ2) is 12.7. The molecule has 3 aliphatic rings. The number of nitrogens with zero attached hydrogens (tertiary/aromatic N) is 2. The van der Waals surface area contributed by atoms with Gasteiger partial charge in [-0.05, 0) is 90.7 Å². The molecule has 2 N–H and O–H groups in total. The molecule has 1 atom stereocenters. The average molecular weight is 558 g/mol. The standard InChI is InChI=1S/C30H43N3O5S/c1-20-7-9-21(10-8-20)27(34)33(25-18-24(11-14-30(2,3)4)39-26(25)28(35)36)22-12-16-32(17-13-22)29(37)38-23-6-5-15-31-19-23/h18,20-23,31H,5-10,12-13,15-17,19H2,1-4H3,(H,35,36)/t20?,21?,23-/m1/s1. The molecule has 8 nitrogen and oxygen atoms in total. The normalized spacial score (nSPS) is 24.4. The van der Waals surface area contributed by atoms with E-state index in [-0.39, 0.29) is 40.4 Å². The number of anilines is 1. The van der Waals surface area contributed by atoms with Gasteiger partial charge in [0, 0.05) is 37.0 Å². The molecule has 0 bridgehead atoms. The predicted octanol–water partition coefficient (Wildman–Crippen LogP) is 5.36. The Bertz CT molecular complexity index is 1090. The van der Waals surface area contributed by atoms with Gasteiger partial charge < -0.3 is 25.0 Å². The van der Waals surface area contributed by atoms with Gasteiger partial charge in [-0.3, -0.25) is 4.79 Å². The van der Waals surface area contributed by atoms with E-state index in [1.54, 1.807) is 15.9 Å². The summed E-state index contributed by atoms with van der Waals surface area (Å²) < 4.78 is 5.72. The zero-order valence-corrected chi connectivity index (χ0v) is 24.6. The highest BCUT2D eigenvalue weighted by Crippen LogP contribution is 2.38. The minimum Gasteiger partial charge on any atom is -0.477 e. The maximum Gasteiger partial charge on any atom is 0.410 e. The van der Waals surface area contributed by atoms with Crippen molar-refractivity contribution in [2.75, 3.05) is 31.1 Å². The first-order chi connectivity index (χ1) is 18.5. The van der Waals surface area contributed by atoms with Crippen LogP contribution in [0.5, 0.6) is 0 Å². The van der Waals surface area contributed by atoms with Crippen molar-refractivity contribution in [3.05, 3.63) is 15.8 Å². The van der Waals surface area contributed by atoms with E-state index in [4.69, 9.17) is 4.74 Å². The molecule has 9 heteroatoms. The van der Waals surface area contributed by atoms with Crippen molar-refractivity contribution >= 4 is 35.0 Å². The Morgan fingerprint density at radius 2 is 1.79 bits per heavy atom. The first-order valence-electron chi connectivity index (χ1n) is 14.4. The Morgan fingerprint density at radius 3 is 2.38 bits per heavy atom. The van der Waals surface area contributed by atoms with Gasteiger partial charge in [0.15, 0.2) is 0 Å². The predicted molar refractivity (Wildman–Crippen MR) is 153 cm³/mol. The van der Waals surface area contributed by atoms with Gasteiger partial charge in [0.25, 0.3) is 0 Å². The van der Waals surface area contributed by atoms with Gasteiger partial charge in [0.05, 0.1) is 10.6 Å². The molecule has 39 heavy (non-hydrogen) atoms. The lowest BCUT2D eigenvalue weighted by Crippen LogP contribution is -2.51. The van der Waals surface area contributed by atoms with Crippen molar-refractivity contribution in [3.8, 4) is 11.8 Å². The Kier molecular flexibility index (Phi) is 9.60. The number of amides is 2. The molecule has 3 heterocycles. The molecule has 0 aromatic carbocycles. The smallest absolute Gasteiger partial charge is 0.410 e. The molecule has 4 rings (SSSR count). The maximum atomic E-state index is 14.1. The largest absolute Gasteiger partial charge is 0.477 e. The van der Waals surface area contributed by atoms with Crippen molar-refractivity contribution in [2.24, 2.45) is 17.3 Å². The molecule has 2 saturated heterocycles. The van der Waals surface area contributed by atoms with Gasteiger partial charge in [0.2, 0.25) is 5.91 Å². The summed E-state index contributed by atoms with van der Waals surface area (Å²) in [5.41, 5.74) is 0.223. The van der Waals surface area contributed by atoms with E-state index in [1.165, 1.54) is 0 Å². The van der Waals surface area contributed by atoms with Crippen molar-refractivity contribution < 1.29 is 24.2 Å². The van der Waals surface area contributed by atoms with Crippen LogP contribution in [0.4, 0.5) is 10.5 Å². The number of ether oxygens (including phenoxy) is 1. The Balaban J connectivity index is 1.56. The molecular weight excluding hydrogens is 514 g/mol. The lowest BCUT2D eigenvalue weighted by molar-refractivity contribution is -0.124. The monoisotopic (exact) mass is 557 g/mol. The van der Waals surface area contributed by atoms with Crippen LogP contribution in [0.25, 0.3) is 0 Å². The molecule has 2 aliphatic heterocycles. The highest BCUT2D eigenvalue weighted by molar-refractivity contribution is 7.15. The van der Waals surface area contributed by atoms with Crippen molar-refractivity contribution in [2.45, 2.75) is 91.2 Å². The fourth-order valence-electron chi connectivity index (χ4n) is 5.67. The second-order valence-corrected chi connectivity index (χ2v) is 13.4. The van der Waals surface area contributed by atoms with Gasteiger partial charge in [-0.1, -0.05) is 18.8 Å². The summed E-state index contributed by atoms with van der Waals surface area (Å²) in [7, 11) is 0. The summed E-state index contributed by atoms with van der Waals surface area (Å²) in [5.74, 6) is 5.77. The van der Waals surface area contributed by atoms with Crippen LogP contribution >= 0.6 is 11.3 Å². The van der Waals surface area contributed by atoms with Crippen LogP contribution in [0.1, 0.15) is 93.6 Å². The number of carboxylic acids is 1. The van der Waals surface area contributed by atoms with Crippen molar-refractivity contribution in [3.63, 3.8) is 0 Å². The fourth-order valence-corrected chi connectivity index (χ4v) is 6.51. The molecule has 1 aliphatic carbocycles. The number of hydrogen-bond acceptors (Lipinski definition) is 6. The van der Waals surface area contributed by atoms with Crippen LogP contribution in [0.3, 0.4) is 0 Å². The minimum atomic E-state index is -1.05. The third-order valence-electron chi connectivity index (χ3n) is 7.94. The van der Waals surface area contributed by atoms with Crippen LogP contribution in [0.2, 0.25) is 0 Å². The highest BCUT2D eigenvalue weighted by atomic mass is 32.1. The Hall–Kier alpha value is -2.57.